The van der Waals surface area contributed by atoms with E-state index in [1.165, 1.54) is 6.92 Å². The van der Waals surface area contributed by atoms with Gasteiger partial charge in [0.15, 0.2) is 0 Å². The molecule has 0 spiro atoms. The van der Waals surface area contributed by atoms with Gasteiger partial charge in [0.25, 0.3) is 0 Å². The van der Waals surface area contributed by atoms with E-state index in [2.05, 4.69) is 13.2 Å². The summed E-state index contributed by atoms with van der Waals surface area (Å²) in [4.78, 5) is 28.2. The van der Waals surface area contributed by atoms with E-state index in [1.807, 2.05) is 0 Å². The molecule has 1 aliphatic heterocycles. The largest absolute Gasteiger partial charge is 0.465 e. The van der Waals surface area contributed by atoms with Gasteiger partial charge in [-0.3, -0.25) is 10.1 Å². The quantitative estimate of drug-likeness (QED) is 0.282. The van der Waals surface area contributed by atoms with Gasteiger partial charge in [0.05, 0.1) is 0 Å². The van der Waals surface area contributed by atoms with Crippen LogP contribution < -0.4 is 0 Å². The summed E-state index contributed by atoms with van der Waals surface area (Å²) in [5.41, 5.74) is -0.511. The minimum absolute atomic E-state index is 0.106. The van der Waals surface area contributed by atoms with Crippen LogP contribution in [0.5, 0.6) is 0 Å². The highest BCUT2D eigenvalue weighted by atomic mass is 17.1. The van der Waals surface area contributed by atoms with E-state index in [4.69, 9.17) is 14.4 Å². The molecule has 3 rings (SSSR count). The Morgan fingerprint density at radius 2 is 2.17 bits per heavy atom. The van der Waals surface area contributed by atoms with Crippen molar-refractivity contribution in [3.8, 4) is 0 Å². The average molecular weight is 322 g/mol. The molecule has 0 bridgehead atoms. The predicted octanol–water partition coefficient (Wildman–Crippen LogP) is 2.40. The van der Waals surface area contributed by atoms with Crippen molar-refractivity contribution in [2.75, 3.05) is 6.61 Å². The van der Waals surface area contributed by atoms with Crippen molar-refractivity contribution in [2.45, 2.75) is 50.7 Å². The van der Waals surface area contributed by atoms with Gasteiger partial charge in [0, 0.05) is 23.8 Å². The molecule has 0 aromatic heterocycles. The van der Waals surface area contributed by atoms with Gasteiger partial charge in [0.2, 0.25) is 0 Å². The zero-order valence-corrected chi connectivity index (χ0v) is 13.3. The Labute approximate surface area is 135 Å². The number of esters is 2. The first-order valence-electron chi connectivity index (χ1n) is 7.89. The van der Waals surface area contributed by atoms with Gasteiger partial charge in [-0.05, 0) is 37.7 Å². The molecular formula is C17H22O6. The van der Waals surface area contributed by atoms with E-state index >= 15 is 0 Å². The van der Waals surface area contributed by atoms with Crippen LogP contribution in [0, 0.1) is 11.3 Å². The maximum atomic E-state index is 11.9. The van der Waals surface area contributed by atoms with Gasteiger partial charge < -0.3 is 9.47 Å². The topological polar surface area (TPSA) is 82.1 Å². The van der Waals surface area contributed by atoms with Crippen molar-refractivity contribution in [2.24, 2.45) is 11.3 Å². The highest BCUT2D eigenvalue weighted by molar-refractivity contribution is 5.91. The van der Waals surface area contributed by atoms with Crippen molar-refractivity contribution >= 4 is 11.9 Å². The summed E-state index contributed by atoms with van der Waals surface area (Å²) in [6.07, 6.45) is 2.78. The fraction of sp³-hybridized carbons (Fsp3) is 0.647. The first-order chi connectivity index (χ1) is 10.8. The number of rotatable bonds is 3. The summed E-state index contributed by atoms with van der Waals surface area (Å²) >= 11 is 0. The number of hydrogen-bond donors (Lipinski definition) is 1. The minimum Gasteiger partial charge on any atom is -0.465 e. The molecule has 0 amide bonds. The normalized spacial score (nSPS) is 39.5. The number of carbonyl (C=O) groups is 2. The van der Waals surface area contributed by atoms with Crippen LogP contribution >= 0.6 is 0 Å². The summed E-state index contributed by atoms with van der Waals surface area (Å²) < 4.78 is 10.7. The number of fused-ring (bicyclic) bond motifs is 2. The van der Waals surface area contributed by atoms with Gasteiger partial charge in [-0.1, -0.05) is 13.2 Å². The molecule has 0 aromatic rings. The van der Waals surface area contributed by atoms with E-state index in [1.54, 1.807) is 0 Å². The van der Waals surface area contributed by atoms with Gasteiger partial charge >= 0.3 is 11.9 Å². The number of hydrogen-bond acceptors (Lipinski definition) is 6. The fourth-order valence-corrected chi connectivity index (χ4v) is 4.54. The lowest BCUT2D eigenvalue weighted by molar-refractivity contribution is -0.363. The minimum atomic E-state index is -1.04. The molecule has 6 nitrogen and oxygen atoms in total. The molecule has 126 valence electrons. The van der Waals surface area contributed by atoms with Crippen LogP contribution in [0.25, 0.3) is 0 Å². The molecule has 6 heteroatoms. The summed E-state index contributed by atoms with van der Waals surface area (Å²) in [7, 11) is 0. The van der Waals surface area contributed by atoms with Crippen LogP contribution in [0.1, 0.15) is 39.0 Å². The molecule has 3 fully saturated rings. The zero-order chi connectivity index (χ0) is 16.8. The molecule has 3 aliphatic rings. The van der Waals surface area contributed by atoms with Gasteiger partial charge in [-0.15, -0.1) is 0 Å². The van der Waals surface area contributed by atoms with Crippen LogP contribution in [0.4, 0.5) is 0 Å². The zero-order valence-electron chi connectivity index (χ0n) is 13.3. The second-order valence-corrected chi connectivity index (χ2v) is 6.92. The van der Waals surface area contributed by atoms with E-state index in [0.29, 0.717) is 24.8 Å². The summed E-state index contributed by atoms with van der Waals surface area (Å²) in [6, 6.07) is 0. The molecule has 1 heterocycles. The molecule has 23 heavy (non-hydrogen) atoms. The van der Waals surface area contributed by atoms with Crippen LogP contribution in [0.3, 0.4) is 0 Å². The molecule has 1 N–H and O–H groups in total. The van der Waals surface area contributed by atoms with Crippen molar-refractivity contribution in [3.63, 3.8) is 0 Å². The Hall–Kier alpha value is -1.66. The van der Waals surface area contributed by atoms with Gasteiger partial charge in [0.1, 0.15) is 18.3 Å². The molecule has 4 unspecified atom stereocenters. The summed E-state index contributed by atoms with van der Waals surface area (Å²) in [5, 5.41) is 9.79. The maximum Gasteiger partial charge on any atom is 0.334 e. The lowest BCUT2D eigenvalue weighted by atomic mass is 9.52. The van der Waals surface area contributed by atoms with Crippen molar-refractivity contribution in [1.29, 1.82) is 0 Å². The van der Waals surface area contributed by atoms with Gasteiger partial charge in [-0.2, -0.15) is 0 Å². The molecule has 4 atom stereocenters. The van der Waals surface area contributed by atoms with Crippen molar-refractivity contribution in [3.05, 3.63) is 24.3 Å². The fourth-order valence-electron chi connectivity index (χ4n) is 4.54. The molecule has 2 aliphatic carbocycles. The Morgan fingerprint density at radius 3 is 2.83 bits per heavy atom. The van der Waals surface area contributed by atoms with E-state index < -0.39 is 23.0 Å². The van der Waals surface area contributed by atoms with Gasteiger partial charge in [-0.25, -0.2) is 9.68 Å². The highest BCUT2D eigenvalue weighted by Crippen LogP contribution is 2.60. The highest BCUT2D eigenvalue weighted by Gasteiger charge is 2.65. The monoisotopic (exact) mass is 322 g/mol. The van der Waals surface area contributed by atoms with Crippen LogP contribution in [-0.2, 0) is 24.0 Å². The Balaban J connectivity index is 2.01. The maximum absolute atomic E-state index is 11.9. The lowest BCUT2D eigenvalue weighted by Crippen LogP contribution is -2.61. The molecular weight excluding hydrogens is 300 g/mol. The van der Waals surface area contributed by atoms with E-state index in [9.17, 15) is 14.8 Å². The van der Waals surface area contributed by atoms with Crippen LogP contribution in [0.15, 0.2) is 24.3 Å². The third kappa shape index (κ3) is 2.23. The van der Waals surface area contributed by atoms with Crippen LogP contribution in [-0.4, -0.2) is 35.5 Å². The first kappa shape index (κ1) is 16.2. The molecule has 0 aromatic carbocycles. The third-order valence-electron chi connectivity index (χ3n) is 5.79. The van der Waals surface area contributed by atoms with Crippen molar-refractivity contribution < 1.29 is 29.2 Å². The Morgan fingerprint density at radius 1 is 1.43 bits per heavy atom. The first-order valence-corrected chi connectivity index (χ1v) is 7.89. The predicted molar refractivity (Wildman–Crippen MR) is 80.2 cm³/mol. The van der Waals surface area contributed by atoms with Crippen molar-refractivity contribution in [1.82, 2.24) is 0 Å². The standard InChI is InChI=1S/C17H22O6/c1-10-5-4-6-16(9-21-12(3)18)8-14-13(7-17(10,16)23-20)11(2)15(19)22-14/h13-14,20H,1-2,4-9H2,3H3. The smallest absolute Gasteiger partial charge is 0.334 e. The summed E-state index contributed by atoms with van der Waals surface area (Å²) in [5.74, 6) is -1.01. The van der Waals surface area contributed by atoms with E-state index in [-0.39, 0.29) is 18.6 Å². The third-order valence-corrected chi connectivity index (χ3v) is 5.79. The lowest BCUT2D eigenvalue weighted by Gasteiger charge is -2.56. The van der Waals surface area contributed by atoms with Crippen LogP contribution in [0.2, 0.25) is 0 Å². The molecule has 1 saturated heterocycles. The SMILES string of the molecule is C=C1C(=O)OC2CC3(COC(C)=O)CCCC(=C)C3(OO)CC12. The summed E-state index contributed by atoms with van der Waals surface area (Å²) in [6.45, 7) is 9.36. The second kappa shape index (κ2) is 5.46. The Bertz CT molecular complexity index is 582. The second-order valence-electron chi connectivity index (χ2n) is 6.92. The average Bonchev–Trinajstić information content (AvgIpc) is 2.78. The Kier molecular flexibility index (Phi) is 3.84. The number of carbonyl (C=O) groups excluding carboxylic acids is 2. The van der Waals surface area contributed by atoms with E-state index in [0.717, 1.165) is 18.4 Å². The molecule has 2 saturated carbocycles. The number of ether oxygens (including phenoxy) is 2. The molecule has 0 radical (unpaired) electrons.